The number of nitrogens with zero attached hydrogens (tertiary/aromatic N) is 1. The summed E-state index contributed by atoms with van der Waals surface area (Å²) < 4.78 is 0. The number of hydrogen-bond acceptors (Lipinski definition) is 2. The predicted molar refractivity (Wildman–Crippen MR) is 34.8 cm³/mol. The normalized spacial score (nSPS) is 10.6. The minimum absolute atomic E-state index is 0.0363. The maximum absolute atomic E-state index is 10.1. The summed E-state index contributed by atoms with van der Waals surface area (Å²) in [5, 5.41) is 7.75. The Balaban J connectivity index is 3.91. The highest BCUT2D eigenvalue weighted by atomic mass is 35.5. The largest absolute Gasteiger partial charge is 0.281 e. The van der Waals surface area contributed by atoms with Crippen molar-refractivity contribution in [3.63, 3.8) is 0 Å². The fourth-order valence-corrected chi connectivity index (χ4v) is 0.500. The van der Waals surface area contributed by atoms with Crippen LogP contribution < -0.4 is 0 Å². The van der Waals surface area contributed by atoms with Gasteiger partial charge in [-0.05, 0) is 18.5 Å². The first-order valence-corrected chi connectivity index (χ1v) is 2.82. The minimum Gasteiger partial charge on any atom is -0.281 e. The average Bonchev–Trinajstić information content (AvgIpc) is 1.82. The van der Waals surface area contributed by atoms with Gasteiger partial charge in [-0.25, -0.2) is 0 Å². The van der Waals surface area contributed by atoms with Crippen molar-refractivity contribution in [3.05, 3.63) is 11.6 Å². The van der Waals surface area contributed by atoms with Gasteiger partial charge in [0.25, 0.3) is 0 Å². The van der Waals surface area contributed by atoms with E-state index in [0.29, 0.717) is 5.57 Å². The van der Waals surface area contributed by atoms with Gasteiger partial charge >= 0.3 is 0 Å². The zero-order chi connectivity index (χ0) is 7.28. The first-order valence-electron chi connectivity index (χ1n) is 2.44. The van der Waals surface area contributed by atoms with Crippen molar-refractivity contribution in [3.8, 4) is 6.07 Å². The summed E-state index contributed by atoms with van der Waals surface area (Å²) in [6.45, 7) is 1.69. The highest BCUT2D eigenvalue weighted by Crippen LogP contribution is 2.01. The smallest absolute Gasteiger partial charge is 0.226 e. The molecule has 0 aliphatic carbocycles. The average molecular weight is 144 g/mol. The molecular formula is C6H6ClNO. The maximum Gasteiger partial charge on any atom is 0.226 e. The molecule has 0 unspecified atom stereocenters. The van der Waals surface area contributed by atoms with E-state index in [4.69, 9.17) is 16.9 Å². The second-order valence-electron chi connectivity index (χ2n) is 1.46. The minimum atomic E-state index is -0.496. The zero-order valence-corrected chi connectivity index (χ0v) is 5.77. The Bertz CT molecular complexity index is 178. The van der Waals surface area contributed by atoms with Gasteiger partial charge in [0, 0.05) is 5.57 Å². The SMILES string of the molecule is C/C=C(/C#N)CC(=O)Cl. The number of carbonyl (C=O) groups is 1. The molecule has 0 aromatic heterocycles. The second-order valence-corrected chi connectivity index (χ2v) is 1.88. The van der Waals surface area contributed by atoms with Crippen LogP contribution in [0.25, 0.3) is 0 Å². The molecule has 0 aromatic rings. The maximum atomic E-state index is 10.1. The summed E-state index contributed by atoms with van der Waals surface area (Å²) in [6.07, 6.45) is 1.61. The van der Waals surface area contributed by atoms with Crippen LogP contribution in [0.3, 0.4) is 0 Å². The lowest BCUT2D eigenvalue weighted by atomic mass is 10.2. The quantitative estimate of drug-likeness (QED) is 0.435. The summed E-state index contributed by atoms with van der Waals surface area (Å²) in [7, 11) is 0. The van der Waals surface area contributed by atoms with Crippen LogP contribution in [0.1, 0.15) is 13.3 Å². The number of rotatable bonds is 2. The van der Waals surface area contributed by atoms with Crippen molar-refractivity contribution in [1.82, 2.24) is 0 Å². The van der Waals surface area contributed by atoms with E-state index in [2.05, 4.69) is 0 Å². The van der Waals surface area contributed by atoms with Crippen LogP contribution in [0.4, 0.5) is 0 Å². The molecule has 0 heterocycles. The van der Waals surface area contributed by atoms with Gasteiger partial charge < -0.3 is 0 Å². The summed E-state index contributed by atoms with van der Waals surface area (Å²) in [5.74, 6) is 0. The van der Waals surface area contributed by atoms with E-state index in [1.807, 2.05) is 6.07 Å². The van der Waals surface area contributed by atoms with Gasteiger partial charge in [0.2, 0.25) is 5.24 Å². The third-order valence-corrected chi connectivity index (χ3v) is 0.955. The molecule has 0 fully saturated rings. The molecule has 0 amide bonds. The number of halogens is 1. The lowest BCUT2D eigenvalue weighted by Crippen LogP contribution is -1.87. The summed E-state index contributed by atoms with van der Waals surface area (Å²) >= 11 is 5.00. The molecule has 0 radical (unpaired) electrons. The van der Waals surface area contributed by atoms with Crippen LogP contribution >= 0.6 is 11.6 Å². The molecule has 0 saturated carbocycles. The molecule has 0 N–H and O–H groups in total. The topological polar surface area (TPSA) is 40.9 Å². The predicted octanol–water partition coefficient (Wildman–Crippen LogP) is 1.61. The highest BCUT2D eigenvalue weighted by molar-refractivity contribution is 6.63. The third kappa shape index (κ3) is 3.75. The molecule has 0 spiro atoms. The van der Waals surface area contributed by atoms with Crippen molar-refractivity contribution in [2.75, 3.05) is 0 Å². The molecule has 9 heavy (non-hydrogen) atoms. The van der Waals surface area contributed by atoms with Gasteiger partial charge in [-0.1, -0.05) is 6.08 Å². The van der Waals surface area contributed by atoms with Gasteiger partial charge in [0.15, 0.2) is 0 Å². The number of allylic oxidation sites excluding steroid dienone is 2. The molecule has 3 heteroatoms. The van der Waals surface area contributed by atoms with E-state index in [0.717, 1.165) is 0 Å². The van der Waals surface area contributed by atoms with Crippen molar-refractivity contribution in [1.29, 1.82) is 5.26 Å². The van der Waals surface area contributed by atoms with E-state index in [1.165, 1.54) is 0 Å². The van der Waals surface area contributed by atoms with Gasteiger partial charge in [-0.3, -0.25) is 4.79 Å². The number of hydrogen-bond donors (Lipinski definition) is 0. The van der Waals surface area contributed by atoms with Gasteiger partial charge in [-0.2, -0.15) is 5.26 Å². The van der Waals surface area contributed by atoms with Crippen molar-refractivity contribution in [2.45, 2.75) is 13.3 Å². The molecule has 0 aliphatic heterocycles. The monoisotopic (exact) mass is 143 g/mol. The second kappa shape index (κ2) is 4.11. The lowest BCUT2D eigenvalue weighted by molar-refractivity contribution is -0.111. The Morgan fingerprint density at radius 2 is 2.44 bits per heavy atom. The molecule has 0 aliphatic rings. The highest BCUT2D eigenvalue weighted by Gasteiger charge is 1.98. The van der Waals surface area contributed by atoms with Crippen LogP contribution in [-0.4, -0.2) is 5.24 Å². The molecular weight excluding hydrogens is 138 g/mol. The number of carbonyl (C=O) groups excluding carboxylic acids is 1. The molecule has 0 aromatic carbocycles. The van der Waals surface area contributed by atoms with Crippen LogP contribution in [0.5, 0.6) is 0 Å². The zero-order valence-electron chi connectivity index (χ0n) is 5.02. The summed E-state index contributed by atoms with van der Waals surface area (Å²) in [6, 6.07) is 1.84. The Labute approximate surface area is 58.7 Å². The van der Waals surface area contributed by atoms with Gasteiger partial charge in [0.1, 0.15) is 0 Å². The van der Waals surface area contributed by atoms with Crippen molar-refractivity contribution >= 4 is 16.8 Å². The summed E-state index contributed by atoms with van der Waals surface area (Å²) in [5.41, 5.74) is 0.412. The molecule has 0 bridgehead atoms. The first-order chi connectivity index (χ1) is 4.20. The Hall–Kier alpha value is -0.810. The van der Waals surface area contributed by atoms with E-state index in [1.54, 1.807) is 13.0 Å². The summed E-state index contributed by atoms with van der Waals surface area (Å²) in [4.78, 5) is 10.1. The van der Waals surface area contributed by atoms with E-state index in [-0.39, 0.29) is 6.42 Å². The van der Waals surface area contributed by atoms with Crippen LogP contribution in [0, 0.1) is 11.3 Å². The fraction of sp³-hybridized carbons (Fsp3) is 0.333. The first kappa shape index (κ1) is 8.19. The van der Waals surface area contributed by atoms with E-state index >= 15 is 0 Å². The Morgan fingerprint density at radius 3 is 2.56 bits per heavy atom. The van der Waals surface area contributed by atoms with E-state index < -0.39 is 5.24 Å². The lowest BCUT2D eigenvalue weighted by Gasteiger charge is -1.86. The van der Waals surface area contributed by atoms with Crippen LogP contribution in [-0.2, 0) is 4.79 Å². The molecule has 0 rings (SSSR count). The van der Waals surface area contributed by atoms with Gasteiger partial charge in [0.05, 0.1) is 12.5 Å². The van der Waals surface area contributed by atoms with E-state index in [9.17, 15) is 4.79 Å². The molecule has 2 nitrogen and oxygen atoms in total. The van der Waals surface area contributed by atoms with Crippen LogP contribution in [0.2, 0.25) is 0 Å². The van der Waals surface area contributed by atoms with Crippen molar-refractivity contribution < 1.29 is 4.79 Å². The Morgan fingerprint density at radius 1 is 1.89 bits per heavy atom. The number of nitriles is 1. The fourth-order valence-electron chi connectivity index (χ4n) is 0.356. The Kier molecular flexibility index (Phi) is 3.74. The standard InChI is InChI=1S/C6H6ClNO/c1-2-5(4-8)3-6(7)9/h2H,3H2,1H3/b5-2+. The third-order valence-electron chi connectivity index (χ3n) is 0.822. The molecule has 48 valence electrons. The molecule has 0 atom stereocenters. The van der Waals surface area contributed by atoms with Crippen LogP contribution in [0.15, 0.2) is 11.6 Å². The van der Waals surface area contributed by atoms with Gasteiger partial charge in [-0.15, -0.1) is 0 Å². The van der Waals surface area contributed by atoms with Crippen molar-refractivity contribution in [2.24, 2.45) is 0 Å². The molecule has 0 saturated heterocycles.